The van der Waals surface area contributed by atoms with Crippen molar-refractivity contribution in [3.63, 3.8) is 0 Å². The van der Waals surface area contributed by atoms with Crippen LogP contribution in [0.4, 0.5) is 10.2 Å². The fourth-order valence-electron chi connectivity index (χ4n) is 6.26. The number of aromatic nitrogens is 1. The number of carboxylic acid groups (broad SMARTS) is 1. The van der Waals surface area contributed by atoms with Gasteiger partial charge in [-0.2, -0.15) is 0 Å². The van der Waals surface area contributed by atoms with Crippen LogP contribution >= 0.6 is 0 Å². The highest BCUT2D eigenvalue weighted by molar-refractivity contribution is 5.77. The number of aliphatic carboxylic acids is 1. The molecule has 0 saturated carbocycles. The van der Waals surface area contributed by atoms with E-state index >= 15 is 0 Å². The fraction of sp³-hybridized carbons (Fsp3) is 0.613. The van der Waals surface area contributed by atoms with Crippen molar-refractivity contribution in [2.75, 3.05) is 39.1 Å². The smallest absolute Gasteiger partial charge is 0.325 e. The number of carboxylic acids is 1. The van der Waals surface area contributed by atoms with Crippen LogP contribution in [0.2, 0.25) is 0 Å². The zero-order valence-corrected chi connectivity index (χ0v) is 24.2. The summed E-state index contributed by atoms with van der Waals surface area (Å²) >= 11 is 0. The van der Waals surface area contributed by atoms with Gasteiger partial charge in [0.05, 0.1) is 7.11 Å². The van der Waals surface area contributed by atoms with Crippen LogP contribution in [0.25, 0.3) is 0 Å². The fourth-order valence-corrected chi connectivity index (χ4v) is 6.26. The summed E-state index contributed by atoms with van der Waals surface area (Å²) in [6.07, 6.45) is 7.46. The molecule has 0 amide bonds. The van der Waals surface area contributed by atoms with Gasteiger partial charge in [0.1, 0.15) is 11.9 Å². The number of carbonyl (C=O) groups is 1. The van der Waals surface area contributed by atoms with Crippen molar-refractivity contribution >= 4 is 11.8 Å². The van der Waals surface area contributed by atoms with Crippen LogP contribution in [0.5, 0.6) is 5.75 Å². The van der Waals surface area contributed by atoms with Crippen molar-refractivity contribution in [3.05, 3.63) is 52.5 Å². The lowest BCUT2D eigenvalue weighted by Crippen LogP contribution is -2.44. The Morgan fingerprint density at radius 3 is 2.79 bits per heavy atom. The second-order valence-electron chi connectivity index (χ2n) is 11.5. The van der Waals surface area contributed by atoms with Gasteiger partial charge in [-0.05, 0) is 94.3 Å². The number of anilines is 1. The van der Waals surface area contributed by atoms with E-state index < -0.39 is 17.8 Å². The van der Waals surface area contributed by atoms with Crippen molar-refractivity contribution in [1.29, 1.82) is 0 Å². The van der Waals surface area contributed by atoms with Gasteiger partial charge in [0.2, 0.25) is 0 Å². The Hall–Kier alpha value is -2.71. The minimum Gasteiger partial charge on any atom is -0.493 e. The second kappa shape index (κ2) is 13.1. The van der Waals surface area contributed by atoms with Gasteiger partial charge in [0.15, 0.2) is 11.6 Å². The topological polar surface area (TPSA) is 77.9 Å². The van der Waals surface area contributed by atoms with E-state index in [0.29, 0.717) is 12.1 Å². The third-order valence-electron chi connectivity index (χ3n) is 8.55. The minimum absolute atomic E-state index is 0.0127. The van der Waals surface area contributed by atoms with Gasteiger partial charge in [-0.1, -0.05) is 26.3 Å². The van der Waals surface area contributed by atoms with E-state index in [4.69, 9.17) is 9.72 Å². The van der Waals surface area contributed by atoms with Crippen LogP contribution in [0, 0.1) is 5.82 Å². The van der Waals surface area contributed by atoms with Crippen molar-refractivity contribution in [2.45, 2.75) is 89.8 Å². The number of halogens is 1. The van der Waals surface area contributed by atoms with Crippen LogP contribution < -0.4 is 10.1 Å². The van der Waals surface area contributed by atoms with Gasteiger partial charge in [0.25, 0.3) is 0 Å². The van der Waals surface area contributed by atoms with Crippen molar-refractivity contribution in [1.82, 2.24) is 14.8 Å². The molecule has 2 aromatic rings. The summed E-state index contributed by atoms with van der Waals surface area (Å²) in [6.45, 7) is 8.65. The molecule has 0 radical (unpaired) electrons. The maximum atomic E-state index is 14.9. The number of likely N-dealkylation sites (tertiary alicyclic amines) is 1. The maximum Gasteiger partial charge on any atom is 0.325 e. The number of aryl methyl sites for hydroxylation is 2. The number of nitrogens with one attached hydrogen (secondary N) is 1. The summed E-state index contributed by atoms with van der Waals surface area (Å²) in [4.78, 5) is 21.7. The van der Waals surface area contributed by atoms with Gasteiger partial charge < -0.3 is 20.1 Å². The van der Waals surface area contributed by atoms with Gasteiger partial charge >= 0.3 is 5.97 Å². The lowest BCUT2D eigenvalue weighted by molar-refractivity contribution is -0.144. The van der Waals surface area contributed by atoms with Crippen molar-refractivity contribution in [2.24, 2.45) is 0 Å². The molecular formula is C31H45FN4O3. The quantitative estimate of drug-likeness (QED) is 0.337. The van der Waals surface area contributed by atoms with E-state index in [-0.39, 0.29) is 23.8 Å². The zero-order valence-electron chi connectivity index (χ0n) is 24.2. The van der Waals surface area contributed by atoms with Crippen LogP contribution in [-0.4, -0.2) is 71.7 Å². The molecule has 0 bridgehead atoms. The Morgan fingerprint density at radius 2 is 2.08 bits per heavy atom. The van der Waals surface area contributed by atoms with E-state index in [9.17, 15) is 14.3 Å². The summed E-state index contributed by atoms with van der Waals surface area (Å²) < 4.78 is 20.3. The van der Waals surface area contributed by atoms with E-state index in [1.54, 1.807) is 0 Å². The molecule has 7 nitrogen and oxygen atoms in total. The number of hydrogen-bond donors (Lipinski definition) is 2. The number of methoxy groups -OCH3 is 1. The lowest BCUT2D eigenvalue weighted by atomic mass is 9.95. The van der Waals surface area contributed by atoms with Crippen molar-refractivity contribution < 1.29 is 19.0 Å². The Labute approximate surface area is 232 Å². The summed E-state index contributed by atoms with van der Waals surface area (Å²) in [7, 11) is 3.54. The largest absolute Gasteiger partial charge is 0.493 e. The van der Waals surface area contributed by atoms with E-state index in [0.717, 1.165) is 68.7 Å². The SMILES string of the molecule is COc1c(F)cc(C(C)C)cc1[C@H](C(=O)O)N1CC[C@@H](N(C)CCCCCc2ccc3c(n2)NCCC3)[C@H]1C. The molecule has 4 rings (SSSR count). The molecule has 2 N–H and O–H groups in total. The molecule has 214 valence electrons. The number of likely N-dealkylation sites (N-methyl/N-ethyl adjacent to an activating group) is 1. The Morgan fingerprint density at radius 1 is 1.28 bits per heavy atom. The summed E-state index contributed by atoms with van der Waals surface area (Å²) in [6, 6.07) is 6.95. The molecule has 39 heavy (non-hydrogen) atoms. The third-order valence-corrected chi connectivity index (χ3v) is 8.55. The van der Waals surface area contributed by atoms with Crippen molar-refractivity contribution in [3.8, 4) is 5.75 Å². The Bertz CT molecular complexity index is 1140. The molecule has 0 aliphatic carbocycles. The van der Waals surface area contributed by atoms with Crippen LogP contribution in [0.15, 0.2) is 24.3 Å². The van der Waals surface area contributed by atoms with Crippen LogP contribution in [0.1, 0.15) is 87.2 Å². The molecular weight excluding hydrogens is 495 g/mol. The number of ether oxygens (including phenoxy) is 1. The molecule has 3 atom stereocenters. The monoisotopic (exact) mass is 540 g/mol. The molecule has 0 spiro atoms. The average molecular weight is 541 g/mol. The lowest BCUT2D eigenvalue weighted by Gasteiger charge is -2.34. The third kappa shape index (κ3) is 6.72. The first-order valence-corrected chi connectivity index (χ1v) is 14.5. The summed E-state index contributed by atoms with van der Waals surface area (Å²) in [5.41, 5.74) is 3.66. The van der Waals surface area contributed by atoms with E-state index in [1.807, 2.05) is 24.8 Å². The first-order valence-electron chi connectivity index (χ1n) is 14.5. The number of benzene rings is 1. The molecule has 8 heteroatoms. The van der Waals surface area contributed by atoms with Gasteiger partial charge in [0, 0.05) is 36.4 Å². The second-order valence-corrected chi connectivity index (χ2v) is 11.5. The van der Waals surface area contributed by atoms with E-state index in [1.165, 1.54) is 25.2 Å². The first kappa shape index (κ1) is 29.3. The predicted octanol–water partition coefficient (Wildman–Crippen LogP) is 5.64. The highest BCUT2D eigenvalue weighted by Gasteiger charge is 2.42. The normalized spacial score (nSPS) is 20.2. The molecule has 1 saturated heterocycles. The Kier molecular flexibility index (Phi) is 9.83. The van der Waals surface area contributed by atoms with Gasteiger partial charge in [-0.15, -0.1) is 0 Å². The maximum absolute atomic E-state index is 14.9. The summed E-state index contributed by atoms with van der Waals surface area (Å²) in [5, 5.41) is 13.7. The van der Waals surface area contributed by atoms with Gasteiger partial charge in [-0.3, -0.25) is 9.69 Å². The summed E-state index contributed by atoms with van der Waals surface area (Å²) in [5.74, 6) is -0.315. The standard InChI is InChI=1S/C31H45FN4O3/c1-20(2)23-18-25(29(39-5)26(32)19-23)28(31(37)38)36-17-14-27(21(36)3)35(4)16-8-6-7-11-24-13-12-22-10-9-15-33-30(22)34-24/h12-13,18-21,27-28H,6-11,14-17H2,1-5H3,(H,33,34)(H,37,38)/t21-,27-,28-/m1/s1. The molecule has 0 unspecified atom stereocenters. The first-order chi connectivity index (χ1) is 18.7. The predicted molar refractivity (Wildman–Crippen MR) is 153 cm³/mol. The molecule has 3 heterocycles. The minimum atomic E-state index is -0.977. The number of fused-ring (bicyclic) bond motifs is 1. The molecule has 1 aromatic carbocycles. The van der Waals surface area contributed by atoms with Crippen LogP contribution in [0.3, 0.4) is 0 Å². The van der Waals surface area contributed by atoms with E-state index in [2.05, 4.69) is 36.3 Å². The van der Waals surface area contributed by atoms with Crippen LogP contribution in [-0.2, 0) is 17.6 Å². The number of hydrogen-bond acceptors (Lipinski definition) is 6. The molecule has 1 fully saturated rings. The number of nitrogens with zero attached hydrogens (tertiary/aromatic N) is 3. The Balaban J connectivity index is 1.33. The molecule has 1 aromatic heterocycles. The molecule has 2 aliphatic rings. The number of pyridine rings is 1. The number of rotatable bonds is 12. The van der Waals surface area contributed by atoms with Gasteiger partial charge in [-0.25, -0.2) is 9.37 Å². The zero-order chi connectivity index (χ0) is 28.1. The number of unbranched alkanes of at least 4 members (excludes halogenated alkanes) is 2. The highest BCUT2D eigenvalue weighted by Crippen LogP contribution is 2.39. The molecule has 2 aliphatic heterocycles. The highest BCUT2D eigenvalue weighted by atomic mass is 19.1. The average Bonchev–Trinajstić information content (AvgIpc) is 3.28.